The van der Waals surface area contributed by atoms with Crippen LogP contribution in [0.25, 0.3) is 85.5 Å². The molecule has 0 bridgehead atoms. The van der Waals surface area contributed by atoms with Crippen molar-refractivity contribution < 1.29 is 4.74 Å². The smallest absolute Gasteiger partial charge is 0.142 e. The van der Waals surface area contributed by atoms with Crippen LogP contribution in [-0.4, -0.2) is 0 Å². The summed E-state index contributed by atoms with van der Waals surface area (Å²) >= 11 is 3.61. The summed E-state index contributed by atoms with van der Waals surface area (Å²) in [6, 6.07) is 63.6. The maximum atomic E-state index is 6.10. The summed E-state index contributed by atoms with van der Waals surface area (Å²) in [6.07, 6.45) is 0. The number of fused-ring (bicyclic) bond motifs is 4. The van der Waals surface area contributed by atoms with Crippen molar-refractivity contribution in [2.24, 2.45) is 0 Å². The summed E-state index contributed by atoms with van der Waals surface area (Å²) in [4.78, 5) is 4.90. The number of anilines is 1. The molecular weight excluding hydrogens is 683 g/mol. The molecule has 8 aromatic carbocycles. The highest BCUT2D eigenvalue weighted by Crippen LogP contribution is 2.47. The monoisotopic (exact) mass is 715 g/mol. The Kier molecular flexibility index (Phi) is 7.79. The van der Waals surface area contributed by atoms with Gasteiger partial charge in [0.25, 0.3) is 0 Å². The van der Waals surface area contributed by atoms with Gasteiger partial charge in [0.2, 0.25) is 0 Å². The molecule has 0 saturated heterocycles. The third kappa shape index (κ3) is 5.73. The van der Waals surface area contributed by atoms with Crippen molar-refractivity contribution in [2.75, 3.05) is 5.73 Å². The number of nitrogens with two attached hydrogens (primary N) is 1. The standard InChI is InChI=1S/C49H33NOS2/c50-43-15-7-8-16-44(43)51-30-38-22-24-46(52-38)47-26-25-45(53-47)35-21-23-41-42(29-35)49(37-20-18-32-10-2-4-12-34(32)28-37)40-14-6-5-13-39(40)48(41)36-19-17-31-9-1-3-11-33(31)27-36/h1-29H,30,50H2. The third-order valence-electron chi connectivity index (χ3n) is 10.2. The lowest BCUT2D eigenvalue weighted by Crippen LogP contribution is -1.96. The fraction of sp³-hybridized carbons (Fsp3) is 0.0204. The summed E-state index contributed by atoms with van der Waals surface area (Å²) in [7, 11) is 0. The van der Waals surface area contributed by atoms with Crippen LogP contribution in [0.5, 0.6) is 5.75 Å². The average Bonchev–Trinajstić information content (AvgIpc) is 3.90. The molecule has 0 aliphatic heterocycles. The molecule has 0 saturated carbocycles. The Bertz CT molecular complexity index is 2990. The molecule has 10 aromatic rings. The lowest BCUT2D eigenvalue weighted by molar-refractivity contribution is 0.311. The molecule has 0 radical (unpaired) electrons. The Hall–Kier alpha value is -6.20. The SMILES string of the molecule is Nc1ccccc1OCc1ccc(-c2ccc(-c3ccc4c(-c5ccc6ccccc6c5)c5ccccc5c(-c5ccc6ccccc6c5)c4c3)s2)s1. The van der Waals surface area contributed by atoms with E-state index in [9.17, 15) is 0 Å². The molecule has 252 valence electrons. The van der Waals surface area contributed by atoms with Crippen molar-refractivity contribution in [3.05, 3.63) is 181 Å². The number of thiophene rings is 2. The van der Waals surface area contributed by atoms with Gasteiger partial charge >= 0.3 is 0 Å². The van der Waals surface area contributed by atoms with E-state index in [4.69, 9.17) is 10.5 Å². The van der Waals surface area contributed by atoms with Crippen LogP contribution in [0, 0.1) is 0 Å². The largest absolute Gasteiger partial charge is 0.486 e. The molecule has 0 spiro atoms. The molecule has 2 aromatic heterocycles. The molecule has 53 heavy (non-hydrogen) atoms. The fourth-order valence-electron chi connectivity index (χ4n) is 7.62. The van der Waals surface area contributed by atoms with Crippen LogP contribution < -0.4 is 10.5 Å². The molecule has 10 rings (SSSR count). The zero-order valence-electron chi connectivity index (χ0n) is 28.8. The molecule has 0 aliphatic carbocycles. The summed E-state index contributed by atoms with van der Waals surface area (Å²) in [5.74, 6) is 0.719. The predicted molar refractivity (Wildman–Crippen MR) is 229 cm³/mol. The Morgan fingerprint density at radius 1 is 0.396 bits per heavy atom. The van der Waals surface area contributed by atoms with E-state index in [0.29, 0.717) is 12.3 Å². The highest BCUT2D eigenvalue weighted by Gasteiger charge is 2.19. The first-order chi connectivity index (χ1) is 26.2. The first kappa shape index (κ1) is 31.5. The van der Waals surface area contributed by atoms with Gasteiger partial charge in [-0.1, -0.05) is 121 Å². The minimum absolute atomic E-state index is 0.493. The van der Waals surface area contributed by atoms with Crippen LogP contribution in [0.2, 0.25) is 0 Å². The first-order valence-corrected chi connectivity index (χ1v) is 19.4. The van der Waals surface area contributed by atoms with Gasteiger partial charge < -0.3 is 10.5 Å². The van der Waals surface area contributed by atoms with E-state index in [-0.39, 0.29) is 0 Å². The van der Waals surface area contributed by atoms with Gasteiger partial charge in [0.15, 0.2) is 0 Å². The predicted octanol–water partition coefficient (Wildman–Crippen LogP) is 14.3. The topological polar surface area (TPSA) is 35.2 Å². The molecule has 2 nitrogen and oxygen atoms in total. The molecule has 0 amide bonds. The second kappa shape index (κ2) is 13.1. The number of ether oxygens (including phenoxy) is 1. The summed E-state index contributed by atoms with van der Waals surface area (Å²) in [5.41, 5.74) is 13.0. The molecule has 0 unspecified atom stereocenters. The van der Waals surface area contributed by atoms with Crippen molar-refractivity contribution in [1.82, 2.24) is 0 Å². The highest BCUT2D eigenvalue weighted by molar-refractivity contribution is 7.23. The summed E-state index contributed by atoms with van der Waals surface area (Å²) in [5, 5.41) is 10.0. The van der Waals surface area contributed by atoms with E-state index in [1.807, 2.05) is 35.6 Å². The second-order valence-corrected chi connectivity index (χ2v) is 15.7. The highest BCUT2D eigenvalue weighted by atomic mass is 32.1. The van der Waals surface area contributed by atoms with Crippen molar-refractivity contribution in [1.29, 1.82) is 0 Å². The van der Waals surface area contributed by atoms with Crippen LogP contribution in [0.3, 0.4) is 0 Å². The zero-order valence-corrected chi connectivity index (χ0v) is 30.4. The third-order valence-corrected chi connectivity index (χ3v) is 12.6. The fourth-order valence-corrected chi connectivity index (χ4v) is 9.63. The van der Waals surface area contributed by atoms with E-state index in [1.54, 1.807) is 11.3 Å². The van der Waals surface area contributed by atoms with Gasteiger partial charge in [-0.25, -0.2) is 0 Å². The summed E-state index contributed by atoms with van der Waals surface area (Å²) < 4.78 is 6.04. The number of hydrogen-bond donors (Lipinski definition) is 1. The zero-order chi connectivity index (χ0) is 35.3. The lowest BCUT2D eigenvalue weighted by Gasteiger charge is -2.19. The van der Waals surface area contributed by atoms with Crippen molar-refractivity contribution in [3.63, 3.8) is 0 Å². The second-order valence-electron chi connectivity index (χ2n) is 13.4. The van der Waals surface area contributed by atoms with Crippen molar-refractivity contribution in [3.8, 4) is 48.2 Å². The number of nitrogen functional groups attached to an aromatic ring is 1. The normalized spacial score (nSPS) is 11.5. The van der Waals surface area contributed by atoms with E-state index >= 15 is 0 Å². The Morgan fingerprint density at radius 3 is 1.62 bits per heavy atom. The van der Waals surface area contributed by atoms with Crippen LogP contribution in [0.15, 0.2) is 176 Å². The molecule has 2 heterocycles. The van der Waals surface area contributed by atoms with Crippen LogP contribution in [-0.2, 0) is 6.61 Å². The average molecular weight is 716 g/mol. The Morgan fingerprint density at radius 2 is 0.925 bits per heavy atom. The van der Waals surface area contributed by atoms with E-state index in [0.717, 1.165) is 10.6 Å². The Labute approximate surface area is 316 Å². The van der Waals surface area contributed by atoms with Gasteiger partial charge in [0.05, 0.1) is 5.69 Å². The van der Waals surface area contributed by atoms with Crippen LogP contribution in [0.4, 0.5) is 5.69 Å². The number of para-hydroxylation sites is 2. The van der Waals surface area contributed by atoms with Gasteiger partial charge in [0.1, 0.15) is 12.4 Å². The van der Waals surface area contributed by atoms with Gasteiger partial charge in [-0.15, -0.1) is 22.7 Å². The van der Waals surface area contributed by atoms with Crippen molar-refractivity contribution in [2.45, 2.75) is 6.61 Å². The molecule has 4 heteroatoms. The minimum Gasteiger partial charge on any atom is -0.486 e. The summed E-state index contributed by atoms with van der Waals surface area (Å²) in [6.45, 7) is 0.493. The minimum atomic E-state index is 0.493. The lowest BCUT2D eigenvalue weighted by atomic mass is 9.84. The quantitative estimate of drug-likeness (QED) is 0.132. The van der Waals surface area contributed by atoms with Crippen LogP contribution >= 0.6 is 22.7 Å². The van der Waals surface area contributed by atoms with E-state index in [1.165, 1.54) is 85.5 Å². The van der Waals surface area contributed by atoms with E-state index in [2.05, 4.69) is 152 Å². The number of benzene rings is 8. The van der Waals surface area contributed by atoms with Gasteiger partial charge in [-0.3, -0.25) is 0 Å². The molecule has 0 fully saturated rings. The maximum absolute atomic E-state index is 6.10. The molecule has 0 atom stereocenters. The molecule has 0 aliphatic rings. The first-order valence-electron chi connectivity index (χ1n) is 17.8. The maximum Gasteiger partial charge on any atom is 0.142 e. The molecular formula is C49H33NOS2. The molecule has 2 N–H and O–H groups in total. The Balaban J connectivity index is 1.12. The number of rotatable bonds is 7. The van der Waals surface area contributed by atoms with Gasteiger partial charge in [-0.2, -0.15) is 0 Å². The number of hydrogen-bond acceptors (Lipinski definition) is 4. The van der Waals surface area contributed by atoms with Gasteiger partial charge in [-0.05, 0) is 126 Å². The van der Waals surface area contributed by atoms with Crippen molar-refractivity contribution >= 4 is 71.5 Å². The van der Waals surface area contributed by atoms with Gasteiger partial charge in [0, 0.05) is 19.5 Å². The van der Waals surface area contributed by atoms with E-state index < -0.39 is 0 Å². The van der Waals surface area contributed by atoms with Crippen LogP contribution in [0.1, 0.15) is 4.88 Å².